The first-order valence-electron chi connectivity index (χ1n) is 7.06. The second-order valence-corrected chi connectivity index (χ2v) is 5.17. The van der Waals surface area contributed by atoms with Gasteiger partial charge in [0, 0.05) is 23.3 Å². The highest BCUT2D eigenvalue weighted by molar-refractivity contribution is 5.96. The predicted molar refractivity (Wildman–Crippen MR) is 89.1 cm³/mol. The molecule has 0 aliphatic carbocycles. The number of nitrogens with one attached hydrogen (secondary N) is 1. The van der Waals surface area contributed by atoms with Crippen LogP contribution in [0.3, 0.4) is 0 Å². The Morgan fingerprint density at radius 3 is 2.74 bits per heavy atom. The molecule has 0 aliphatic heterocycles. The van der Waals surface area contributed by atoms with Gasteiger partial charge in [0.15, 0.2) is 0 Å². The molecule has 5 nitrogen and oxygen atoms in total. The molecule has 23 heavy (non-hydrogen) atoms. The number of rotatable bonds is 3. The number of benzene rings is 2. The lowest BCUT2D eigenvalue weighted by molar-refractivity contribution is 0.415. The molecule has 1 aromatic heterocycles. The van der Waals surface area contributed by atoms with E-state index in [0.29, 0.717) is 22.7 Å². The number of hydrogen-bond donors (Lipinski definition) is 2. The lowest BCUT2D eigenvalue weighted by Crippen LogP contribution is -1.97. The highest BCUT2D eigenvalue weighted by Gasteiger charge is 2.11. The fourth-order valence-corrected chi connectivity index (χ4v) is 2.35. The number of ether oxygens (including phenoxy) is 1. The molecule has 0 saturated carbocycles. The van der Waals surface area contributed by atoms with Crippen molar-refractivity contribution in [2.75, 3.05) is 12.4 Å². The quantitative estimate of drug-likeness (QED) is 0.768. The number of pyridine rings is 1. The molecular weight excluding hydrogens is 290 g/mol. The minimum absolute atomic E-state index is 0.199. The molecule has 0 bridgehead atoms. The van der Waals surface area contributed by atoms with Gasteiger partial charge in [0.2, 0.25) is 0 Å². The zero-order valence-electron chi connectivity index (χ0n) is 12.8. The number of methoxy groups -OCH3 is 1. The Morgan fingerprint density at radius 2 is 2.04 bits per heavy atom. The maximum absolute atomic E-state index is 9.86. The van der Waals surface area contributed by atoms with Crippen molar-refractivity contribution >= 4 is 22.3 Å². The number of phenols is 1. The average molecular weight is 305 g/mol. The first-order valence-corrected chi connectivity index (χ1v) is 7.06. The van der Waals surface area contributed by atoms with Gasteiger partial charge in [-0.3, -0.25) is 4.98 Å². The summed E-state index contributed by atoms with van der Waals surface area (Å²) in [6, 6.07) is 12.9. The standard InChI is InChI=1S/C18H15N3O2/c1-11-3-4-13(7-17(11)22)21-18-12(9-19)10-20-16-6-5-14(23-2)8-15(16)18/h3-8,10,22H,1-2H3,(H,20,21). The van der Waals surface area contributed by atoms with Crippen LogP contribution in [0.25, 0.3) is 10.9 Å². The summed E-state index contributed by atoms with van der Waals surface area (Å²) in [5, 5.41) is 23.2. The number of nitrogens with zero attached hydrogens (tertiary/aromatic N) is 2. The van der Waals surface area contributed by atoms with Crippen LogP contribution in [0, 0.1) is 18.3 Å². The van der Waals surface area contributed by atoms with E-state index in [9.17, 15) is 10.4 Å². The minimum Gasteiger partial charge on any atom is -0.508 e. The summed E-state index contributed by atoms with van der Waals surface area (Å²) in [7, 11) is 1.59. The van der Waals surface area contributed by atoms with Crippen molar-refractivity contribution in [2.24, 2.45) is 0 Å². The zero-order chi connectivity index (χ0) is 16.4. The highest BCUT2D eigenvalue weighted by atomic mass is 16.5. The van der Waals surface area contributed by atoms with Crippen LogP contribution in [-0.4, -0.2) is 17.2 Å². The third-order valence-electron chi connectivity index (χ3n) is 3.67. The smallest absolute Gasteiger partial charge is 0.120 e. The van der Waals surface area contributed by atoms with Gasteiger partial charge in [-0.2, -0.15) is 5.26 Å². The Bertz CT molecular complexity index is 929. The third-order valence-corrected chi connectivity index (χ3v) is 3.67. The van der Waals surface area contributed by atoms with Gasteiger partial charge in [-0.15, -0.1) is 0 Å². The summed E-state index contributed by atoms with van der Waals surface area (Å²) in [6.45, 7) is 1.83. The van der Waals surface area contributed by atoms with Crippen molar-refractivity contribution in [3.63, 3.8) is 0 Å². The predicted octanol–water partition coefficient (Wildman–Crippen LogP) is 3.87. The topological polar surface area (TPSA) is 78.2 Å². The number of fused-ring (bicyclic) bond motifs is 1. The minimum atomic E-state index is 0.199. The van der Waals surface area contributed by atoms with Crippen molar-refractivity contribution in [1.29, 1.82) is 5.26 Å². The van der Waals surface area contributed by atoms with Crippen molar-refractivity contribution in [2.45, 2.75) is 6.92 Å². The first kappa shape index (κ1) is 14.7. The molecule has 2 aromatic carbocycles. The van der Waals surface area contributed by atoms with E-state index < -0.39 is 0 Å². The van der Waals surface area contributed by atoms with Crippen LogP contribution in [0.4, 0.5) is 11.4 Å². The molecule has 0 atom stereocenters. The second kappa shape index (κ2) is 5.85. The number of phenolic OH excluding ortho intramolecular Hbond substituents is 1. The monoisotopic (exact) mass is 305 g/mol. The summed E-state index contributed by atoms with van der Waals surface area (Å²) < 4.78 is 5.26. The van der Waals surface area contributed by atoms with Gasteiger partial charge in [0.25, 0.3) is 0 Å². The molecule has 1 heterocycles. The van der Waals surface area contributed by atoms with Crippen LogP contribution >= 0.6 is 0 Å². The fourth-order valence-electron chi connectivity index (χ4n) is 2.35. The maximum atomic E-state index is 9.86. The van der Waals surface area contributed by atoms with Gasteiger partial charge in [-0.05, 0) is 36.8 Å². The summed E-state index contributed by atoms with van der Waals surface area (Å²) >= 11 is 0. The van der Waals surface area contributed by atoms with Gasteiger partial charge in [0.1, 0.15) is 17.6 Å². The Kier molecular flexibility index (Phi) is 3.73. The van der Waals surface area contributed by atoms with Gasteiger partial charge < -0.3 is 15.2 Å². The molecule has 0 unspecified atom stereocenters. The molecule has 0 fully saturated rings. The van der Waals surface area contributed by atoms with Crippen LogP contribution < -0.4 is 10.1 Å². The van der Waals surface area contributed by atoms with E-state index in [-0.39, 0.29) is 5.75 Å². The van der Waals surface area contributed by atoms with Crippen LogP contribution in [-0.2, 0) is 0 Å². The molecule has 0 aliphatic rings. The van der Waals surface area contributed by atoms with Crippen LogP contribution in [0.2, 0.25) is 0 Å². The molecule has 0 saturated heterocycles. The zero-order valence-corrected chi connectivity index (χ0v) is 12.8. The van der Waals surface area contributed by atoms with Crippen LogP contribution in [0.15, 0.2) is 42.6 Å². The summed E-state index contributed by atoms with van der Waals surface area (Å²) in [4.78, 5) is 4.29. The lowest BCUT2D eigenvalue weighted by Gasteiger charge is -2.13. The van der Waals surface area contributed by atoms with Gasteiger partial charge in [-0.1, -0.05) is 6.07 Å². The first-order chi connectivity index (χ1) is 11.1. The molecule has 3 aromatic rings. The van der Waals surface area contributed by atoms with E-state index in [1.807, 2.05) is 37.3 Å². The van der Waals surface area contributed by atoms with E-state index in [1.165, 1.54) is 6.20 Å². The molecule has 2 N–H and O–H groups in total. The third kappa shape index (κ3) is 2.74. The summed E-state index contributed by atoms with van der Waals surface area (Å²) in [5.74, 6) is 0.883. The Hall–Kier alpha value is -3.26. The Balaban J connectivity index is 2.17. The molecule has 114 valence electrons. The molecule has 0 amide bonds. The molecule has 5 heteroatoms. The van der Waals surface area contributed by atoms with E-state index in [2.05, 4.69) is 16.4 Å². The second-order valence-electron chi connectivity index (χ2n) is 5.17. The van der Waals surface area contributed by atoms with E-state index in [1.54, 1.807) is 13.2 Å². The van der Waals surface area contributed by atoms with Crippen molar-refractivity contribution in [3.05, 3.63) is 53.7 Å². The molecule has 0 spiro atoms. The molecule has 3 rings (SSSR count). The van der Waals surface area contributed by atoms with E-state index in [4.69, 9.17) is 4.74 Å². The number of hydrogen-bond acceptors (Lipinski definition) is 5. The Morgan fingerprint density at radius 1 is 1.22 bits per heavy atom. The van der Waals surface area contributed by atoms with Gasteiger partial charge in [-0.25, -0.2) is 0 Å². The van der Waals surface area contributed by atoms with Crippen molar-refractivity contribution in [3.8, 4) is 17.6 Å². The number of anilines is 2. The molecule has 0 radical (unpaired) electrons. The van der Waals surface area contributed by atoms with Crippen molar-refractivity contribution in [1.82, 2.24) is 4.98 Å². The normalized spacial score (nSPS) is 10.3. The fraction of sp³-hybridized carbons (Fsp3) is 0.111. The van der Waals surface area contributed by atoms with Gasteiger partial charge >= 0.3 is 0 Å². The number of aromatic nitrogens is 1. The lowest BCUT2D eigenvalue weighted by atomic mass is 10.1. The molecular formula is C18H15N3O2. The van der Waals surface area contributed by atoms with E-state index >= 15 is 0 Å². The summed E-state index contributed by atoms with van der Waals surface area (Å²) in [6.07, 6.45) is 1.53. The SMILES string of the molecule is COc1ccc2ncc(C#N)c(Nc3ccc(C)c(O)c3)c2c1. The number of nitriles is 1. The van der Waals surface area contributed by atoms with Gasteiger partial charge in [0.05, 0.1) is 23.9 Å². The number of aromatic hydroxyl groups is 1. The van der Waals surface area contributed by atoms with Crippen LogP contribution in [0.1, 0.15) is 11.1 Å². The van der Waals surface area contributed by atoms with Crippen molar-refractivity contribution < 1.29 is 9.84 Å². The summed E-state index contributed by atoms with van der Waals surface area (Å²) in [5.41, 5.74) is 3.30. The Labute approximate surface area is 133 Å². The van der Waals surface area contributed by atoms with E-state index in [0.717, 1.165) is 16.5 Å². The highest BCUT2D eigenvalue weighted by Crippen LogP contribution is 2.32. The average Bonchev–Trinajstić information content (AvgIpc) is 2.58. The maximum Gasteiger partial charge on any atom is 0.120 e. The number of aryl methyl sites for hydroxylation is 1. The van der Waals surface area contributed by atoms with Crippen LogP contribution in [0.5, 0.6) is 11.5 Å². The largest absolute Gasteiger partial charge is 0.508 e.